The van der Waals surface area contributed by atoms with Crippen LogP contribution in [0.3, 0.4) is 0 Å². The van der Waals surface area contributed by atoms with E-state index in [2.05, 4.69) is 4.72 Å². The Balaban J connectivity index is 1.64. The van der Waals surface area contributed by atoms with Crippen molar-refractivity contribution in [1.82, 2.24) is 4.72 Å². The third-order valence-corrected chi connectivity index (χ3v) is 5.92. The van der Waals surface area contributed by atoms with Crippen LogP contribution in [0.25, 0.3) is 0 Å². The Labute approximate surface area is 115 Å². The van der Waals surface area contributed by atoms with Crippen LogP contribution in [0.4, 0.5) is 0 Å². The van der Waals surface area contributed by atoms with Crippen molar-refractivity contribution < 1.29 is 8.42 Å². The molecule has 3 rings (SSSR count). The van der Waals surface area contributed by atoms with Crippen LogP contribution in [0.1, 0.15) is 36.8 Å². The van der Waals surface area contributed by atoms with E-state index < -0.39 is 10.0 Å². The Morgan fingerprint density at radius 2 is 1.89 bits per heavy atom. The zero-order valence-corrected chi connectivity index (χ0v) is 12.1. The molecule has 1 N–H and O–H groups in total. The molecular weight excluding hydrogens is 258 g/mol. The van der Waals surface area contributed by atoms with Gasteiger partial charge in [0.25, 0.3) is 0 Å². The van der Waals surface area contributed by atoms with Crippen LogP contribution < -0.4 is 4.72 Å². The molecule has 1 aromatic carbocycles. The molecule has 0 amide bonds. The van der Waals surface area contributed by atoms with Gasteiger partial charge in [0.1, 0.15) is 0 Å². The highest BCUT2D eigenvalue weighted by atomic mass is 32.2. The molecule has 0 saturated heterocycles. The van der Waals surface area contributed by atoms with E-state index in [1.165, 1.54) is 19.3 Å². The molecule has 3 unspecified atom stereocenters. The van der Waals surface area contributed by atoms with Gasteiger partial charge in [-0.25, -0.2) is 13.1 Å². The molecule has 104 valence electrons. The van der Waals surface area contributed by atoms with E-state index in [-0.39, 0.29) is 11.8 Å². The average Bonchev–Trinajstić information content (AvgIpc) is 2.93. The van der Waals surface area contributed by atoms with Gasteiger partial charge in [0.2, 0.25) is 10.0 Å². The van der Waals surface area contributed by atoms with E-state index in [0.29, 0.717) is 5.92 Å². The molecule has 19 heavy (non-hydrogen) atoms. The zero-order valence-electron chi connectivity index (χ0n) is 11.3. The number of hydrogen-bond acceptors (Lipinski definition) is 2. The topological polar surface area (TPSA) is 46.2 Å². The van der Waals surface area contributed by atoms with Crippen LogP contribution >= 0.6 is 0 Å². The van der Waals surface area contributed by atoms with E-state index in [0.717, 1.165) is 23.5 Å². The van der Waals surface area contributed by atoms with Crippen LogP contribution in [0.5, 0.6) is 0 Å². The Bertz CT molecular complexity index is 550. The molecule has 0 spiro atoms. The van der Waals surface area contributed by atoms with Crippen LogP contribution in [-0.2, 0) is 15.8 Å². The molecule has 2 aliphatic rings. The summed E-state index contributed by atoms with van der Waals surface area (Å²) < 4.78 is 27.3. The van der Waals surface area contributed by atoms with Crippen molar-refractivity contribution in [3.8, 4) is 0 Å². The first-order valence-corrected chi connectivity index (χ1v) is 8.72. The Hall–Kier alpha value is -0.870. The lowest BCUT2D eigenvalue weighted by Crippen LogP contribution is -2.39. The minimum Gasteiger partial charge on any atom is -0.212 e. The summed E-state index contributed by atoms with van der Waals surface area (Å²) in [4.78, 5) is 0. The highest BCUT2D eigenvalue weighted by Gasteiger charge is 2.40. The van der Waals surface area contributed by atoms with Crippen molar-refractivity contribution in [3.63, 3.8) is 0 Å². The summed E-state index contributed by atoms with van der Waals surface area (Å²) in [6.07, 6.45) is 4.75. The van der Waals surface area contributed by atoms with Crippen LogP contribution in [0.2, 0.25) is 0 Å². The van der Waals surface area contributed by atoms with E-state index in [9.17, 15) is 8.42 Å². The van der Waals surface area contributed by atoms with Gasteiger partial charge in [-0.2, -0.15) is 0 Å². The second kappa shape index (κ2) is 4.91. The predicted molar refractivity (Wildman–Crippen MR) is 76.2 cm³/mol. The molecule has 4 heteroatoms. The molecular formula is C15H21NO2S. The lowest BCUT2D eigenvalue weighted by molar-refractivity contribution is 0.390. The second-order valence-electron chi connectivity index (χ2n) is 6.14. The first-order chi connectivity index (χ1) is 9.02. The molecule has 0 aliphatic heterocycles. The van der Waals surface area contributed by atoms with Gasteiger partial charge >= 0.3 is 0 Å². The fraction of sp³-hybridized carbons (Fsp3) is 0.600. The molecule has 3 atom stereocenters. The van der Waals surface area contributed by atoms with Gasteiger partial charge in [0, 0.05) is 6.04 Å². The van der Waals surface area contributed by atoms with E-state index in [4.69, 9.17) is 0 Å². The first kappa shape index (κ1) is 13.1. The van der Waals surface area contributed by atoms with Crippen LogP contribution in [-0.4, -0.2) is 14.5 Å². The molecule has 0 aromatic heterocycles. The number of sulfonamides is 1. The summed E-state index contributed by atoms with van der Waals surface area (Å²) in [5.74, 6) is 1.44. The smallest absolute Gasteiger partial charge is 0.212 e. The Kier molecular flexibility index (Phi) is 3.39. The quantitative estimate of drug-likeness (QED) is 0.921. The third kappa shape index (κ3) is 3.00. The molecule has 0 radical (unpaired) electrons. The molecule has 2 aliphatic carbocycles. The molecule has 2 fully saturated rings. The van der Waals surface area contributed by atoms with Crippen molar-refractivity contribution in [1.29, 1.82) is 0 Å². The summed E-state index contributed by atoms with van der Waals surface area (Å²) in [5.41, 5.74) is 2.02. The van der Waals surface area contributed by atoms with Gasteiger partial charge in [-0.15, -0.1) is 0 Å². The summed E-state index contributed by atoms with van der Waals surface area (Å²) >= 11 is 0. The maximum atomic E-state index is 12.2. The van der Waals surface area contributed by atoms with Gasteiger partial charge in [-0.05, 0) is 43.6 Å². The predicted octanol–water partition coefficient (Wildman–Crippen LogP) is 2.60. The van der Waals surface area contributed by atoms with Gasteiger partial charge in [0.15, 0.2) is 0 Å². The average molecular weight is 279 g/mol. The maximum Gasteiger partial charge on any atom is 0.216 e. The van der Waals surface area contributed by atoms with Gasteiger partial charge in [0.05, 0.1) is 5.75 Å². The summed E-state index contributed by atoms with van der Waals surface area (Å²) in [6, 6.07) is 7.91. The van der Waals surface area contributed by atoms with Crippen molar-refractivity contribution in [2.24, 2.45) is 11.8 Å². The number of hydrogen-bond donors (Lipinski definition) is 1. The summed E-state index contributed by atoms with van der Waals surface area (Å²) in [5, 5.41) is 0. The van der Waals surface area contributed by atoms with Crippen molar-refractivity contribution in [2.75, 3.05) is 0 Å². The number of fused-ring (bicyclic) bond motifs is 2. The van der Waals surface area contributed by atoms with Crippen LogP contribution in [0.15, 0.2) is 24.3 Å². The molecule has 0 heterocycles. The zero-order chi connectivity index (χ0) is 13.5. The lowest BCUT2D eigenvalue weighted by Gasteiger charge is -2.22. The minimum atomic E-state index is -3.20. The molecule has 3 nitrogen and oxygen atoms in total. The van der Waals surface area contributed by atoms with Crippen molar-refractivity contribution in [3.05, 3.63) is 35.4 Å². The molecule has 2 bridgehead atoms. The largest absolute Gasteiger partial charge is 0.216 e. The standard InChI is InChI=1S/C15H21NO2S/c1-11-2-4-12(5-3-11)10-19(17,18)16-15-9-13-6-7-14(15)8-13/h2-5,13-16H,6-10H2,1H3. The number of benzene rings is 1. The number of nitrogens with one attached hydrogen (secondary N) is 1. The minimum absolute atomic E-state index is 0.0984. The molecule has 2 saturated carbocycles. The highest BCUT2D eigenvalue weighted by molar-refractivity contribution is 7.88. The lowest BCUT2D eigenvalue weighted by atomic mass is 9.96. The third-order valence-electron chi connectivity index (χ3n) is 4.55. The fourth-order valence-electron chi connectivity index (χ4n) is 3.57. The summed E-state index contributed by atoms with van der Waals surface area (Å²) in [7, 11) is -3.20. The normalized spacial score (nSPS) is 29.8. The first-order valence-electron chi connectivity index (χ1n) is 7.07. The second-order valence-corrected chi connectivity index (χ2v) is 7.90. The van der Waals surface area contributed by atoms with E-state index in [1.807, 2.05) is 31.2 Å². The SMILES string of the molecule is Cc1ccc(CS(=O)(=O)NC2CC3CCC2C3)cc1. The number of aryl methyl sites for hydroxylation is 1. The highest BCUT2D eigenvalue weighted by Crippen LogP contribution is 2.44. The van der Waals surface area contributed by atoms with E-state index in [1.54, 1.807) is 0 Å². The Morgan fingerprint density at radius 1 is 1.16 bits per heavy atom. The number of rotatable bonds is 4. The summed E-state index contributed by atoms with van der Waals surface area (Å²) in [6.45, 7) is 2.01. The van der Waals surface area contributed by atoms with Crippen molar-refractivity contribution >= 4 is 10.0 Å². The van der Waals surface area contributed by atoms with Gasteiger partial charge in [-0.3, -0.25) is 0 Å². The van der Waals surface area contributed by atoms with Crippen molar-refractivity contribution in [2.45, 2.75) is 44.4 Å². The van der Waals surface area contributed by atoms with Gasteiger partial charge < -0.3 is 0 Å². The van der Waals surface area contributed by atoms with E-state index >= 15 is 0 Å². The Morgan fingerprint density at radius 3 is 2.47 bits per heavy atom. The fourth-order valence-corrected chi connectivity index (χ4v) is 5.03. The van der Waals surface area contributed by atoms with Crippen LogP contribution in [0, 0.1) is 18.8 Å². The monoisotopic (exact) mass is 279 g/mol. The van der Waals surface area contributed by atoms with Gasteiger partial charge in [-0.1, -0.05) is 36.2 Å². The maximum absolute atomic E-state index is 12.2. The molecule has 1 aromatic rings.